The van der Waals surface area contributed by atoms with Gasteiger partial charge in [-0.2, -0.15) is 0 Å². The van der Waals surface area contributed by atoms with Crippen molar-refractivity contribution in [3.8, 4) is 0 Å². The van der Waals surface area contributed by atoms with E-state index in [1.807, 2.05) is 36.4 Å². The number of nitrogens with zero attached hydrogens (tertiary/aromatic N) is 2. The number of rotatable bonds is 9. The molecule has 37 heavy (non-hydrogen) atoms. The van der Waals surface area contributed by atoms with Crippen molar-refractivity contribution in [1.29, 1.82) is 0 Å². The van der Waals surface area contributed by atoms with E-state index in [1.165, 1.54) is 15.4 Å². The molecule has 1 saturated heterocycles. The van der Waals surface area contributed by atoms with E-state index in [0.717, 1.165) is 19.3 Å². The molecule has 3 fully saturated rings. The molecule has 0 unspecified atom stereocenters. The van der Waals surface area contributed by atoms with Crippen molar-refractivity contribution in [1.82, 2.24) is 9.21 Å². The molecule has 1 aliphatic heterocycles. The van der Waals surface area contributed by atoms with Gasteiger partial charge in [-0.1, -0.05) is 88.4 Å². The number of benzene rings is 2. The van der Waals surface area contributed by atoms with Gasteiger partial charge in [-0.25, -0.2) is 12.7 Å². The Morgan fingerprint density at radius 3 is 2.08 bits per heavy atom. The van der Waals surface area contributed by atoms with Gasteiger partial charge in [-0.3, -0.25) is 9.69 Å². The van der Waals surface area contributed by atoms with Crippen LogP contribution in [0.15, 0.2) is 60.7 Å². The van der Waals surface area contributed by atoms with Gasteiger partial charge in [0.05, 0.1) is 17.7 Å². The molecule has 0 N–H and O–H groups in total. The highest BCUT2D eigenvalue weighted by molar-refractivity contribution is 7.90. The summed E-state index contributed by atoms with van der Waals surface area (Å²) in [7, 11) is -3.63. The van der Waals surface area contributed by atoms with E-state index < -0.39 is 10.0 Å². The molecule has 0 aromatic heterocycles. The predicted octanol–water partition coefficient (Wildman–Crippen LogP) is 5.72. The molecule has 2 aromatic carbocycles. The van der Waals surface area contributed by atoms with Crippen LogP contribution in [0, 0.1) is 28.6 Å². The standard InChI is InChI=1S/C31H42N2O3S/c1-23(2)17-26(21-32(19-24-11-7-5-8-12-24)20-25-13-9-6-10-14-25)29(34)33-28-18-27-15-16-31(28,30(27,3)4)22-37(33,35)36/h5-14,23,26-28H,15-22H2,1-4H3/t26-,27+,28+,31+/m1/s1. The van der Waals surface area contributed by atoms with Crippen LogP contribution >= 0.6 is 0 Å². The minimum absolute atomic E-state index is 0.0417. The van der Waals surface area contributed by atoms with Crippen LogP contribution in [-0.4, -0.2) is 41.9 Å². The summed E-state index contributed by atoms with van der Waals surface area (Å²) >= 11 is 0. The third-order valence-corrected chi connectivity index (χ3v) is 11.6. The van der Waals surface area contributed by atoms with Crippen molar-refractivity contribution >= 4 is 15.9 Å². The van der Waals surface area contributed by atoms with Gasteiger partial charge >= 0.3 is 0 Å². The summed E-state index contributed by atoms with van der Waals surface area (Å²) in [6, 6.07) is 20.5. The van der Waals surface area contributed by atoms with Gasteiger partial charge in [0.25, 0.3) is 0 Å². The molecule has 2 bridgehead atoms. The second-order valence-electron chi connectivity index (χ2n) is 12.7. The van der Waals surface area contributed by atoms with Crippen molar-refractivity contribution in [2.45, 2.75) is 72.5 Å². The Bertz CT molecular complexity index is 1170. The summed E-state index contributed by atoms with van der Waals surface area (Å²) in [6.45, 7) is 10.7. The maximum atomic E-state index is 14.3. The maximum Gasteiger partial charge on any atom is 0.240 e. The van der Waals surface area contributed by atoms with E-state index in [4.69, 9.17) is 0 Å². The summed E-state index contributed by atoms with van der Waals surface area (Å²) in [4.78, 5) is 16.6. The van der Waals surface area contributed by atoms with Crippen molar-refractivity contribution < 1.29 is 13.2 Å². The quantitative estimate of drug-likeness (QED) is 0.423. The number of hydrogen-bond acceptors (Lipinski definition) is 4. The van der Waals surface area contributed by atoms with Gasteiger partial charge in [-0.05, 0) is 54.1 Å². The summed E-state index contributed by atoms with van der Waals surface area (Å²) < 4.78 is 28.7. The number of sulfonamides is 1. The van der Waals surface area contributed by atoms with E-state index in [1.54, 1.807) is 0 Å². The third kappa shape index (κ3) is 4.76. The fourth-order valence-corrected chi connectivity index (χ4v) is 10.4. The summed E-state index contributed by atoms with van der Waals surface area (Å²) in [6.07, 6.45) is 3.50. The fraction of sp³-hybridized carbons (Fsp3) is 0.581. The van der Waals surface area contributed by atoms with E-state index in [9.17, 15) is 13.2 Å². The molecule has 3 aliphatic rings. The summed E-state index contributed by atoms with van der Waals surface area (Å²) in [5.41, 5.74) is 2.05. The molecule has 1 amide bonds. The highest BCUT2D eigenvalue weighted by atomic mass is 32.2. The lowest BCUT2D eigenvalue weighted by Gasteiger charge is -2.38. The van der Waals surface area contributed by atoms with Gasteiger partial charge in [0, 0.05) is 25.0 Å². The topological polar surface area (TPSA) is 57.7 Å². The van der Waals surface area contributed by atoms with Crippen molar-refractivity contribution in [2.24, 2.45) is 28.6 Å². The number of fused-ring (bicyclic) bond motifs is 1. The van der Waals surface area contributed by atoms with Gasteiger partial charge in [-0.15, -0.1) is 0 Å². The number of hydrogen-bond donors (Lipinski definition) is 0. The van der Waals surface area contributed by atoms with Gasteiger partial charge in [0.1, 0.15) is 0 Å². The zero-order valence-electron chi connectivity index (χ0n) is 22.8. The van der Waals surface area contributed by atoms with E-state index in [0.29, 0.717) is 37.9 Å². The second-order valence-corrected chi connectivity index (χ2v) is 14.6. The minimum atomic E-state index is -3.63. The summed E-state index contributed by atoms with van der Waals surface area (Å²) in [5.74, 6) is 0.385. The Labute approximate surface area is 223 Å². The number of carbonyl (C=O) groups excluding carboxylic acids is 1. The molecule has 2 saturated carbocycles. The Balaban J connectivity index is 1.44. The Morgan fingerprint density at radius 1 is 1.00 bits per heavy atom. The highest BCUT2D eigenvalue weighted by Gasteiger charge is 2.72. The van der Waals surface area contributed by atoms with Gasteiger partial charge < -0.3 is 0 Å². The SMILES string of the molecule is CC(C)C[C@H](CN(Cc1ccccc1)Cc1ccccc1)C(=O)N1[C@H]2C[C@@H]3CC[C@@]2(CS1(=O)=O)C3(C)C. The molecule has 6 heteroatoms. The van der Waals surface area contributed by atoms with Crippen molar-refractivity contribution in [2.75, 3.05) is 12.3 Å². The Hall–Kier alpha value is -2.18. The largest absolute Gasteiger partial charge is 0.294 e. The molecule has 1 spiro atoms. The first-order chi connectivity index (χ1) is 17.5. The smallest absolute Gasteiger partial charge is 0.240 e. The molecular weight excluding hydrogens is 480 g/mol. The van der Waals surface area contributed by atoms with Crippen molar-refractivity contribution in [3.05, 3.63) is 71.8 Å². The first-order valence-electron chi connectivity index (χ1n) is 13.9. The molecule has 2 aliphatic carbocycles. The first kappa shape index (κ1) is 26.4. The summed E-state index contributed by atoms with van der Waals surface area (Å²) in [5, 5.41) is 0. The highest BCUT2D eigenvalue weighted by Crippen LogP contribution is 2.70. The molecule has 200 valence electrons. The van der Waals surface area contributed by atoms with E-state index in [-0.39, 0.29) is 34.4 Å². The Kier molecular flexibility index (Phi) is 7.03. The Morgan fingerprint density at radius 2 is 1.57 bits per heavy atom. The van der Waals surface area contributed by atoms with Crippen LogP contribution in [0.4, 0.5) is 0 Å². The van der Waals surface area contributed by atoms with Crippen LogP contribution in [0.3, 0.4) is 0 Å². The average molecular weight is 523 g/mol. The van der Waals surface area contributed by atoms with Crippen LogP contribution in [0.2, 0.25) is 0 Å². The lowest BCUT2D eigenvalue weighted by Crippen LogP contribution is -2.48. The minimum Gasteiger partial charge on any atom is -0.294 e. The van der Waals surface area contributed by atoms with Gasteiger partial charge in [0.15, 0.2) is 0 Å². The lowest BCUT2D eigenvalue weighted by molar-refractivity contribution is -0.134. The van der Waals surface area contributed by atoms with E-state index in [2.05, 4.69) is 56.9 Å². The normalized spacial score (nSPS) is 28.1. The lowest BCUT2D eigenvalue weighted by atomic mass is 9.69. The van der Waals surface area contributed by atoms with Crippen LogP contribution in [-0.2, 0) is 27.9 Å². The van der Waals surface area contributed by atoms with Gasteiger partial charge in [0.2, 0.25) is 15.9 Å². The second kappa shape index (κ2) is 9.85. The molecule has 4 atom stereocenters. The van der Waals surface area contributed by atoms with Crippen LogP contribution in [0.1, 0.15) is 64.5 Å². The molecule has 5 nitrogen and oxygen atoms in total. The number of amides is 1. The molecule has 0 radical (unpaired) electrons. The van der Waals surface area contributed by atoms with Crippen molar-refractivity contribution in [3.63, 3.8) is 0 Å². The van der Waals surface area contributed by atoms with E-state index >= 15 is 0 Å². The third-order valence-electron chi connectivity index (χ3n) is 9.71. The molecule has 2 aromatic rings. The predicted molar refractivity (Wildman–Crippen MR) is 148 cm³/mol. The van der Waals surface area contributed by atoms with Crippen LogP contribution in [0.25, 0.3) is 0 Å². The van der Waals surface area contributed by atoms with Crippen LogP contribution < -0.4 is 0 Å². The molecular formula is C31H42N2O3S. The zero-order chi connectivity index (χ0) is 26.4. The molecule has 1 heterocycles. The first-order valence-corrected chi connectivity index (χ1v) is 15.5. The molecule has 5 rings (SSSR count). The zero-order valence-corrected chi connectivity index (χ0v) is 23.6. The monoisotopic (exact) mass is 522 g/mol. The average Bonchev–Trinajstić information content (AvgIpc) is 3.32. The van der Waals surface area contributed by atoms with Crippen LogP contribution in [0.5, 0.6) is 0 Å². The number of carbonyl (C=O) groups is 1. The fourth-order valence-electron chi connectivity index (χ4n) is 7.76. The maximum absolute atomic E-state index is 14.3.